The molecule has 1 amide bonds. The molecule has 170 valence electrons. The van der Waals surface area contributed by atoms with Crippen molar-refractivity contribution >= 4 is 23.4 Å². The van der Waals surface area contributed by atoms with Gasteiger partial charge in [0, 0.05) is 23.2 Å². The number of rotatable bonds is 5. The first-order valence-corrected chi connectivity index (χ1v) is 12.8. The topological polar surface area (TPSA) is 64.0 Å². The molecule has 3 aromatic rings. The lowest BCUT2D eigenvalue weighted by atomic mass is 9.62. The second kappa shape index (κ2) is 9.18. The molecular weight excluding hydrogens is 430 g/mol. The van der Waals surface area contributed by atoms with Crippen LogP contribution in [0.4, 0.5) is 5.69 Å². The summed E-state index contributed by atoms with van der Waals surface area (Å²) >= 11 is 1.34. The quantitative estimate of drug-likeness (QED) is 0.409. The van der Waals surface area contributed by atoms with E-state index in [0.29, 0.717) is 11.7 Å². The van der Waals surface area contributed by atoms with Gasteiger partial charge >= 0.3 is 0 Å². The third-order valence-corrected chi connectivity index (χ3v) is 7.96. The molecule has 0 aliphatic heterocycles. The van der Waals surface area contributed by atoms with E-state index in [0.717, 1.165) is 54.6 Å². The largest absolute Gasteiger partial charge is 0.325 e. The van der Waals surface area contributed by atoms with Crippen LogP contribution in [-0.2, 0) is 23.2 Å². The van der Waals surface area contributed by atoms with E-state index in [1.54, 1.807) is 4.57 Å². The fraction of sp³-hybridized carbons (Fsp3) is 0.370. The summed E-state index contributed by atoms with van der Waals surface area (Å²) in [6.07, 6.45) is 6.55. The Morgan fingerprint density at radius 3 is 2.55 bits per heavy atom. The van der Waals surface area contributed by atoms with Gasteiger partial charge in [0.25, 0.3) is 5.56 Å². The molecule has 2 aliphatic rings. The summed E-state index contributed by atoms with van der Waals surface area (Å²) in [6.45, 7) is 2.52. The van der Waals surface area contributed by atoms with Crippen molar-refractivity contribution in [2.75, 3.05) is 11.1 Å². The number of nitrogens with one attached hydrogen (secondary N) is 1. The van der Waals surface area contributed by atoms with Crippen LogP contribution in [0.1, 0.15) is 50.2 Å². The number of fused-ring (bicyclic) bond motifs is 4. The smallest absolute Gasteiger partial charge is 0.258 e. The average molecular weight is 460 g/mol. The van der Waals surface area contributed by atoms with Gasteiger partial charge in [0.05, 0.1) is 17.0 Å². The lowest BCUT2D eigenvalue weighted by Gasteiger charge is -2.42. The molecule has 1 aromatic heterocycles. The van der Waals surface area contributed by atoms with E-state index in [1.807, 2.05) is 43.3 Å². The van der Waals surface area contributed by atoms with E-state index >= 15 is 0 Å². The summed E-state index contributed by atoms with van der Waals surface area (Å²) < 4.78 is 1.77. The molecule has 1 heterocycles. The molecule has 33 heavy (non-hydrogen) atoms. The molecule has 0 unspecified atom stereocenters. The molecule has 0 saturated heterocycles. The maximum absolute atomic E-state index is 13.9. The Morgan fingerprint density at radius 1 is 1.06 bits per heavy atom. The van der Waals surface area contributed by atoms with Gasteiger partial charge in [0.15, 0.2) is 5.16 Å². The van der Waals surface area contributed by atoms with Gasteiger partial charge in [-0.15, -0.1) is 0 Å². The van der Waals surface area contributed by atoms with Crippen LogP contribution in [-0.4, -0.2) is 21.2 Å². The molecule has 2 aliphatic carbocycles. The lowest BCUT2D eigenvalue weighted by molar-refractivity contribution is -0.113. The van der Waals surface area contributed by atoms with Crippen LogP contribution in [0.3, 0.4) is 0 Å². The average Bonchev–Trinajstić information content (AvgIpc) is 2.84. The van der Waals surface area contributed by atoms with Gasteiger partial charge in [0.1, 0.15) is 0 Å². The molecule has 5 nitrogen and oxygen atoms in total. The monoisotopic (exact) mass is 459 g/mol. The Kier molecular flexibility index (Phi) is 6.11. The van der Waals surface area contributed by atoms with Crippen LogP contribution in [0.5, 0.6) is 0 Å². The summed E-state index contributed by atoms with van der Waals surface area (Å²) in [5.74, 6) is 0.0948. The second-order valence-electron chi connectivity index (χ2n) is 9.05. The highest BCUT2D eigenvalue weighted by atomic mass is 32.2. The van der Waals surface area contributed by atoms with Gasteiger partial charge in [-0.05, 0) is 43.9 Å². The van der Waals surface area contributed by atoms with Crippen molar-refractivity contribution < 1.29 is 4.79 Å². The van der Waals surface area contributed by atoms with Gasteiger partial charge in [-0.1, -0.05) is 73.5 Å². The zero-order valence-electron chi connectivity index (χ0n) is 19.0. The van der Waals surface area contributed by atoms with Crippen LogP contribution in [0.2, 0.25) is 0 Å². The highest BCUT2D eigenvalue weighted by Gasteiger charge is 2.43. The molecule has 6 heteroatoms. The standard InChI is InChI=1S/C27H29N3O2S/c1-2-30-25(32)23-24(29-26(30)33-18-22(31)28-20-12-5-3-6-13-20)21-14-8-7-11-19(21)17-27(23)15-9-4-10-16-27/h3,5-8,11-14H,2,4,9-10,15-18H2,1H3,(H,28,31). The maximum Gasteiger partial charge on any atom is 0.258 e. The number of anilines is 1. The first-order valence-electron chi connectivity index (χ1n) is 11.8. The molecule has 0 radical (unpaired) electrons. The molecule has 1 fully saturated rings. The molecular formula is C27H29N3O2S. The van der Waals surface area contributed by atoms with E-state index in [-0.39, 0.29) is 22.6 Å². The minimum Gasteiger partial charge on any atom is -0.325 e. The SMILES string of the molecule is CCn1c(SCC(=O)Nc2ccccc2)nc2c(c1=O)C1(CCCCC1)Cc1ccccc1-2. The van der Waals surface area contributed by atoms with Crippen molar-refractivity contribution in [2.45, 2.75) is 62.6 Å². The summed E-state index contributed by atoms with van der Waals surface area (Å²) in [6, 6.07) is 17.8. The maximum atomic E-state index is 13.9. The number of para-hydroxylation sites is 1. The van der Waals surface area contributed by atoms with Crippen LogP contribution in [0.25, 0.3) is 11.3 Å². The van der Waals surface area contributed by atoms with Crippen LogP contribution >= 0.6 is 11.8 Å². The number of hydrogen-bond acceptors (Lipinski definition) is 4. The highest BCUT2D eigenvalue weighted by Crippen LogP contribution is 2.48. The summed E-state index contributed by atoms with van der Waals surface area (Å²) in [7, 11) is 0. The molecule has 0 atom stereocenters. The molecule has 0 bridgehead atoms. The first kappa shape index (κ1) is 22.0. The summed E-state index contributed by atoms with van der Waals surface area (Å²) in [4.78, 5) is 31.5. The predicted octanol–water partition coefficient (Wildman–Crippen LogP) is 5.42. The van der Waals surface area contributed by atoms with Crippen molar-refractivity contribution in [2.24, 2.45) is 0 Å². The predicted molar refractivity (Wildman–Crippen MR) is 134 cm³/mol. The number of amides is 1. The van der Waals surface area contributed by atoms with E-state index in [4.69, 9.17) is 4.98 Å². The van der Waals surface area contributed by atoms with Gasteiger partial charge in [-0.2, -0.15) is 0 Å². The molecule has 2 aromatic carbocycles. The molecule has 1 N–H and O–H groups in total. The van der Waals surface area contributed by atoms with E-state index in [1.165, 1.54) is 23.7 Å². The van der Waals surface area contributed by atoms with E-state index in [9.17, 15) is 9.59 Å². The number of thioether (sulfide) groups is 1. The van der Waals surface area contributed by atoms with Crippen molar-refractivity contribution in [1.29, 1.82) is 0 Å². The number of carbonyl (C=O) groups excluding carboxylic acids is 1. The fourth-order valence-corrected chi connectivity index (χ4v) is 6.32. The van der Waals surface area contributed by atoms with Crippen molar-refractivity contribution in [3.63, 3.8) is 0 Å². The number of carbonyl (C=O) groups is 1. The Morgan fingerprint density at radius 2 is 1.79 bits per heavy atom. The molecule has 5 rings (SSSR count). The zero-order valence-corrected chi connectivity index (χ0v) is 19.8. The van der Waals surface area contributed by atoms with Gasteiger partial charge in [-0.3, -0.25) is 14.2 Å². The fourth-order valence-electron chi connectivity index (χ4n) is 5.46. The highest BCUT2D eigenvalue weighted by molar-refractivity contribution is 7.99. The van der Waals surface area contributed by atoms with E-state index in [2.05, 4.69) is 23.5 Å². The number of nitrogens with zero attached hydrogens (tertiary/aromatic N) is 2. The van der Waals surface area contributed by atoms with Crippen molar-refractivity contribution in [3.8, 4) is 11.3 Å². The van der Waals surface area contributed by atoms with Crippen molar-refractivity contribution in [3.05, 3.63) is 76.1 Å². The number of aromatic nitrogens is 2. The van der Waals surface area contributed by atoms with Crippen LogP contribution < -0.4 is 10.9 Å². The normalized spacial score (nSPS) is 16.2. The molecule has 1 spiro atoms. The molecule has 1 saturated carbocycles. The zero-order chi connectivity index (χ0) is 22.8. The van der Waals surface area contributed by atoms with E-state index < -0.39 is 0 Å². The minimum absolute atomic E-state index is 0.0740. The Labute approximate surface area is 198 Å². The van der Waals surface area contributed by atoms with Gasteiger partial charge in [0.2, 0.25) is 5.91 Å². The number of benzene rings is 2. The van der Waals surface area contributed by atoms with Crippen molar-refractivity contribution in [1.82, 2.24) is 9.55 Å². The minimum atomic E-state index is -0.114. The third-order valence-electron chi connectivity index (χ3n) is 6.98. The lowest BCUT2D eigenvalue weighted by Crippen LogP contribution is -2.43. The van der Waals surface area contributed by atoms with Gasteiger partial charge < -0.3 is 5.32 Å². The second-order valence-corrected chi connectivity index (χ2v) is 9.99. The Balaban J connectivity index is 1.53. The first-order chi connectivity index (χ1) is 16.1. The van der Waals surface area contributed by atoms with Gasteiger partial charge in [-0.25, -0.2) is 4.98 Å². The third kappa shape index (κ3) is 4.12. The van der Waals surface area contributed by atoms with Crippen LogP contribution in [0, 0.1) is 0 Å². The Hall–Kier alpha value is -2.86. The number of hydrogen-bond donors (Lipinski definition) is 1. The Bertz CT molecular complexity index is 1230. The van der Waals surface area contributed by atoms with Crippen LogP contribution in [0.15, 0.2) is 64.5 Å². The summed E-state index contributed by atoms with van der Waals surface area (Å²) in [5, 5.41) is 3.53. The summed E-state index contributed by atoms with van der Waals surface area (Å²) in [5.41, 5.74) is 4.81.